The molecule has 0 saturated carbocycles. The topological polar surface area (TPSA) is 45.2 Å². The molecule has 2 heterocycles. The highest BCUT2D eigenvalue weighted by Gasteiger charge is 2.27. The molecule has 0 N–H and O–H groups in total. The summed E-state index contributed by atoms with van der Waals surface area (Å²) in [5.41, 5.74) is 1.27. The third-order valence-electron chi connectivity index (χ3n) is 5.09. The lowest BCUT2D eigenvalue weighted by Gasteiger charge is -2.40. The first kappa shape index (κ1) is 18.2. The van der Waals surface area contributed by atoms with Crippen LogP contribution in [0.25, 0.3) is 0 Å². The first-order chi connectivity index (χ1) is 12.2. The van der Waals surface area contributed by atoms with Crippen LogP contribution in [-0.2, 0) is 16.1 Å². The van der Waals surface area contributed by atoms with E-state index < -0.39 is 0 Å². The maximum absolute atomic E-state index is 12.5. The van der Waals surface area contributed by atoms with E-state index in [9.17, 15) is 4.79 Å². The Balaban J connectivity index is 1.49. The molecule has 0 aromatic heterocycles. The average molecular weight is 347 g/mol. The Morgan fingerprint density at radius 3 is 2.76 bits per heavy atom. The molecule has 0 bridgehead atoms. The van der Waals surface area contributed by atoms with Crippen molar-refractivity contribution in [2.24, 2.45) is 0 Å². The minimum absolute atomic E-state index is 0.233. The summed E-state index contributed by atoms with van der Waals surface area (Å²) in [6.45, 7) is 9.33. The van der Waals surface area contributed by atoms with Gasteiger partial charge in [-0.25, -0.2) is 0 Å². The Morgan fingerprint density at radius 2 is 2.04 bits per heavy atom. The van der Waals surface area contributed by atoms with Gasteiger partial charge in [-0.1, -0.05) is 12.1 Å². The molecule has 25 heavy (non-hydrogen) atoms. The average Bonchev–Trinajstić information content (AvgIpc) is 2.65. The molecular formula is C19H29N3O3. The van der Waals surface area contributed by atoms with Crippen molar-refractivity contribution in [3.8, 4) is 5.75 Å². The number of morpholine rings is 1. The maximum Gasteiger partial charge on any atom is 0.236 e. The molecule has 1 aromatic carbocycles. The molecule has 6 nitrogen and oxygen atoms in total. The van der Waals surface area contributed by atoms with E-state index in [2.05, 4.69) is 28.9 Å². The van der Waals surface area contributed by atoms with E-state index in [0.717, 1.165) is 45.0 Å². The number of nitrogens with zero attached hydrogens (tertiary/aromatic N) is 3. The fourth-order valence-corrected chi connectivity index (χ4v) is 3.56. The van der Waals surface area contributed by atoms with E-state index >= 15 is 0 Å². The van der Waals surface area contributed by atoms with Crippen molar-refractivity contribution in [3.05, 3.63) is 29.8 Å². The SMILES string of the molecule is COc1cccc(CN2CCN(CC(=O)N3CCOCC3)[C@@H](C)C2)c1. The van der Waals surface area contributed by atoms with Crippen molar-refractivity contribution in [2.75, 3.05) is 59.6 Å². The number of rotatable bonds is 5. The van der Waals surface area contributed by atoms with Crippen molar-refractivity contribution < 1.29 is 14.3 Å². The maximum atomic E-state index is 12.5. The predicted octanol–water partition coefficient (Wildman–Crippen LogP) is 1.06. The molecule has 1 amide bonds. The largest absolute Gasteiger partial charge is 0.497 e. The third-order valence-corrected chi connectivity index (χ3v) is 5.09. The summed E-state index contributed by atoms with van der Waals surface area (Å²) in [4.78, 5) is 19.1. The minimum Gasteiger partial charge on any atom is -0.497 e. The van der Waals surface area contributed by atoms with Crippen LogP contribution in [0, 0.1) is 0 Å². The van der Waals surface area contributed by atoms with Crippen molar-refractivity contribution >= 4 is 5.91 Å². The number of benzene rings is 1. The first-order valence-corrected chi connectivity index (χ1v) is 9.10. The van der Waals surface area contributed by atoms with Gasteiger partial charge in [-0.3, -0.25) is 14.6 Å². The number of hydrogen-bond donors (Lipinski definition) is 0. The van der Waals surface area contributed by atoms with Gasteiger partial charge < -0.3 is 14.4 Å². The third kappa shape index (κ3) is 4.93. The van der Waals surface area contributed by atoms with Crippen molar-refractivity contribution in [2.45, 2.75) is 19.5 Å². The minimum atomic E-state index is 0.233. The lowest BCUT2D eigenvalue weighted by atomic mass is 10.1. The Labute approximate surface area is 150 Å². The quantitative estimate of drug-likeness (QED) is 0.797. The van der Waals surface area contributed by atoms with Crippen LogP contribution in [0.4, 0.5) is 0 Å². The number of amides is 1. The van der Waals surface area contributed by atoms with Gasteiger partial charge in [0.15, 0.2) is 0 Å². The molecule has 1 atom stereocenters. The molecule has 0 spiro atoms. The molecule has 2 saturated heterocycles. The van der Waals surface area contributed by atoms with E-state index in [1.54, 1.807) is 7.11 Å². The second-order valence-electron chi connectivity index (χ2n) is 6.90. The van der Waals surface area contributed by atoms with E-state index in [1.807, 2.05) is 17.0 Å². The Kier molecular flexibility index (Phi) is 6.29. The van der Waals surface area contributed by atoms with Crippen LogP contribution in [0.3, 0.4) is 0 Å². The fraction of sp³-hybridized carbons (Fsp3) is 0.632. The van der Waals surface area contributed by atoms with E-state index in [-0.39, 0.29) is 5.91 Å². The van der Waals surface area contributed by atoms with Crippen LogP contribution in [0.1, 0.15) is 12.5 Å². The summed E-state index contributed by atoms with van der Waals surface area (Å²) in [6.07, 6.45) is 0. The van der Waals surface area contributed by atoms with E-state index in [1.165, 1.54) is 5.56 Å². The van der Waals surface area contributed by atoms with Gasteiger partial charge in [-0.2, -0.15) is 0 Å². The molecule has 1 aromatic rings. The summed E-state index contributed by atoms with van der Waals surface area (Å²) in [5, 5.41) is 0. The van der Waals surface area contributed by atoms with Crippen LogP contribution >= 0.6 is 0 Å². The van der Waals surface area contributed by atoms with Gasteiger partial charge in [0.25, 0.3) is 0 Å². The monoisotopic (exact) mass is 347 g/mol. The van der Waals surface area contributed by atoms with Crippen LogP contribution in [0.2, 0.25) is 0 Å². The Bertz CT molecular complexity index is 575. The summed E-state index contributed by atoms with van der Waals surface area (Å²) < 4.78 is 10.6. The molecular weight excluding hydrogens is 318 g/mol. The molecule has 2 aliphatic heterocycles. The molecule has 6 heteroatoms. The predicted molar refractivity (Wildman–Crippen MR) is 96.7 cm³/mol. The molecule has 138 valence electrons. The standard InChI is InChI=1S/C19H29N3O3/c1-16-13-20(14-17-4-3-5-18(12-17)24-2)6-7-22(16)15-19(23)21-8-10-25-11-9-21/h3-5,12,16H,6-11,13-15H2,1-2H3/t16-/m0/s1. The second-order valence-corrected chi connectivity index (χ2v) is 6.90. The van der Waals surface area contributed by atoms with Crippen LogP contribution in [0.5, 0.6) is 5.75 Å². The van der Waals surface area contributed by atoms with Gasteiger partial charge in [0, 0.05) is 45.3 Å². The zero-order chi connectivity index (χ0) is 17.6. The number of ether oxygens (including phenoxy) is 2. The van der Waals surface area contributed by atoms with Crippen molar-refractivity contribution in [3.63, 3.8) is 0 Å². The zero-order valence-electron chi connectivity index (χ0n) is 15.3. The lowest BCUT2D eigenvalue weighted by Crippen LogP contribution is -2.55. The van der Waals surface area contributed by atoms with Gasteiger partial charge in [-0.15, -0.1) is 0 Å². The highest BCUT2D eigenvalue weighted by Crippen LogP contribution is 2.17. The normalized spacial score (nSPS) is 22.8. The van der Waals surface area contributed by atoms with Gasteiger partial charge in [0.05, 0.1) is 26.9 Å². The molecule has 0 aliphatic carbocycles. The number of hydrogen-bond acceptors (Lipinski definition) is 5. The number of methoxy groups -OCH3 is 1. The van der Waals surface area contributed by atoms with Gasteiger partial charge in [-0.05, 0) is 24.6 Å². The Morgan fingerprint density at radius 1 is 1.24 bits per heavy atom. The van der Waals surface area contributed by atoms with Crippen LogP contribution < -0.4 is 4.74 Å². The molecule has 0 unspecified atom stereocenters. The first-order valence-electron chi connectivity index (χ1n) is 9.10. The van der Waals surface area contributed by atoms with Crippen molar-refractivity contribution in [1.29, 1.82) is 0 Å². The van der Waals surface area contributed by atoms with E-state index in [4.69, 9.17) is 9.47 Å². The van der Waals surface area contributed by atoms with Crippen LogP contribution in [-0.4, -0.2) is 86.2 Å². The summed E-state index contributed by atoms with van der Waals surface area (Å²) in [7, 11) is 1.70. The smallest absolute Gasteiger partial charge is 0.236 e. The number of piperazine rings is 1. The lowest BCUT2D eigenvalue weighted by molar-refractivity contribution is -0.137. The summed E-state index contributed by atoms with van der Waals surface area (Å²) in [6, 6.07) is 8.63. The highest BCUT2D eigenvalue weighted by molar-refractivity contribution is 5.78. The zero-order valence-corrected chi connectivity index (χ0v) is 15.3. The molecule has 2 aliphatic rings. The van der Waals surface area contributed by atoms with Gasteiger partial charge in [0.2, 0.25) is 5.91 Å². The highest BCUT2D eigenvalue weighted by atomic mass is 16.5. The fourth-order valence-electron chi connectivity index (χ4n) is 3.56. The molecule has 3 rings (SSSR count). The summed E-state index contributed by atoms with van der Waals surface area (Å²) >= 11 is 0. The van der Waals surface area contributed by atoms with Gasteiger partial charge >= 0.3 is 0 Å². The van der Waals surface area contributed by atoms with Crippen molar-refractivity contribution in [1.82, 2.24) is 14.7 Å². The van der Waals surface area contributed by atoms with Gasteiger partial charge in [0.1, 0.15) is 5.75 Å². The molecule has 0 radical (unpaired) electrons. The number of carbonyl (C=O) groups is 1. The Hall–Kier alpha value is -1.63. The number of carbonyl (C=O) groups excluding carboxylic acids is 1. The van der Waals surface area contributed by atoms with Crippen LogP contribution in [0.15, 0.2) is 24.3 Å². The summed E-state index contributed by atoms with van der Waals surface area (Å²) in [5.74, 6) is 1.14. The van der Waals surface area contributed by atoms with E-state index in [0.29, 0.717) is 25.8 Å². The second kappa shape index (κ2) is 8.65. The molecule has 2 fully saturated rings.